The highest BCUT2D eigenvalue weighted by Crippen LogP contribution is 2.06. The molecule has 0 spiro atoms. The molecule has 1 fully saturated rings. The number of aromatic nitrogens is 2. The van der Waals surface area contributed by atoms with Crippen molar-refractivity contribution < 1.29 is 4.74 Å². The Balaban J connectivity index is 1.58. The van der Waals surface area contributed by atoms with Gasteiger partial charge in [0, 0.05) is 12.7 Å². The number of hydrogen-bond donors (Lipinski definition) is 2. The summed E-state index contributed by atoms with van der Waals surface area (Å²) in [6, 6.07) is 1.85. The van der Waals surface area contributed by atoms with E-state index in [-0.39, 0.29) is 0 Å². The Morgan fingerprint density at radius 2 is 2.31 bits per heavy atom. The van der Waals surface area contributed by atoms with Crippen molar-refractivity contribution in [3.8, 4) is 0 Å². The van der Waals surface area contributed by atoms with Gasteiger partial charge in [-0.3, -0.25) is 0 Å². The molecule has 2 heterocycles. The van der Waals surface area contributed by atoms with Crippen LogP contribution in [0, 0.1) is 0 Å². The van der Waals surface area contributed by atoms with E-state index in [0.717, 1.165) is 44.9 Å². The summed E-state index contributed by atoms with van der Waals surface area (Å²) >= 11 is 0. The molecule has 2 rings (SSSR count). The molecular formula is C11H18N4O. The normalized spacial score (nSPS) is 17.2. The number of anilines is 1. The summed E-state index contributed by atoms with van der Waals surface area (Å²) in [5.74, 6) is 0.851. The van der Waals surface area contributed by atoms with Gasteiger partial charge in [-0.1, -0.05) is 0 Å². The van der Waals surface area contributed by atoms with Crippen LogP contribution in [0.3, 0.4) is 0 Å². The molecule has 0 radical (unpaired) electrons. The molecule has 1 aromatic rings. The predicted octanol–water partition coefficient (Wildman–Crippen LogP) is 0.657. The van der Waals surface area contributed by atoms with Crippen LogP contribution in [-0.2, 0) is 4.74 Å². The highest BCUT2D eigenvalue weighted by atomic mass is 16.5. The summed E-state index contributed by atoms with van der Waals surface area (Å²) < 4.78 is 5.76. The summed E-state index contributed by atoms with van der Waals surface area (Å²) in [5.41, 5.74) is 0. The zero-order valence-electron chi connectivity index (χ0n) is 9.35. The Morgan fingerprint density at radius 1 is 1.44 bits per heavy atom. The number of hydrogen-bond acceptors (Lipinski definition) is 5. The predicted molar refractivity (Wildman–Crippen MR) is 62.4 cm³/mol. The van der Waals surface area contributed by atoms with Crippen molar-refractivity contribution in [2.45, 2.75) is 18.9 Å². The molecule has 1 saturated heterocycles. The fourth-order valence-corrected chi connectivity index (χ4v) is 1.76. The van der Waals surface area contributed by atoms with E-state index in [1.54, 1.807) is 6.20 Å². The van der Waals surface area contributed by atoms with Crippen LogP contribution >= 0.6 is 0 Å². The zero-order chi connectivity index (χ0) is 11.1. The molecule has 5 nitrogen and oxygen atoms in total. The van der Waals surface area contributed by atoms with Crippen LogP contribution in [0.1, 0.15) is 12.8 Å². The molecule has 1 aliphatic heterocycles. The zero-order valence-corrected chi connectivity index (χ0v) is 9.35. The summed E-state index contributed by atoms with van der Waals surface area (Å²) in [7, 11) is 0. The van der Waals surface area contributed by atoms with Crippen molar-refractivity contribution in [2.75, 3.05) is 31.6 Å². The van der Waals surface area contributed by atoms with Gasteiger partial charge in [0.25, 0.3) is 0 Å². The summed E-state index contributed by atoms with van der Waals surface area (Å²) in [5, 5.41) is 6.51. The summed E-state index contributed by atoms with van der Waals surface area (Å²) in [6.45, 7) is 3.67. The molecule has 0 amide bonds. The second kappa shape index (κ2) is 6.40. The standard InChI is InChI=1S/C11H18N4O/c1-4-12-5-2-10(1)16-8-7-14-11-3-6-13-9-15-11/h3,6,9-10,12H,1-2,4-5,7-8H2,(H,13,14,15). The van der Waals surface area contributed by atoms with E-state index < -0.39 is 0 Å². The molecule has 0 unspecified atom stereocenters. The number of ether oxygens (including phenoxy) is 1. The van der Waals surface area contributed by atoms with Gasteiger partial charge in [0.1, 0.15) is 12.1 Å². The summed E-state index contributed by atoms with van der Waals surface area (Å²) in [6.07, 6.45) is 5.92. The molecule has 16 heavy (non-hydrogen) atoms. The molecule has 2 N–H and O–H groups in total. The highest BCUT2D eigenvalue weighted by molar-refractivity contribution is 5.31. The van der Waals surface area contributed by atoms with Gasteiger partial charge in [0.2, 0.25) is 0 Å². The molecule has 1 aliphatic rings. The van der Waals surface area contributed by atoms with Gasteiger partial charge in [-0.2, -0.15) is 0 Å². The van der Waals surface area contributed by atoms with Gasteiger partial charge in [-0.25, -0.2) is 9.97 Å². The van der Waals surface area contributed by atoms with E-state index in [2.05, 4.69) is 20.6 Å². The third-order valence-electron chi connectivity index (χ3n) is 2.63. The Kier molecular flexibility index (Phi) is 4.51. The maximum Gasteiger partial charge on any atom is 0.129 e. The lowest BCUT2D eigenvalue weighted by molar-refractivity contribution is 0.0394. The van der Waals surface area contributed by atoms with Crippen molar-refractivity contribution in [2.24, 2.45) is 0 Å². The Hall–Kier alpha value is -1.20. The molecule has 88 valence electrons. The first kappa shape index (κ1) is 11.3. The maximum atomic E-state index is 5.76. The molecule has 0 atom stereocenters. The molecule has 0 aromatic carbocycles. The highest BCUT2D eigenvalue weighted by Gasteiger charge is 2.12. The quantitative estimate of drug-likeness (QED) is 0.717. The minimum absolute atomic E-state index is 0.424. The molecule has 5 heteroatoms. The van der Waals surface area contributed by atoms with Crippen molar-refractivity contribution in [1.29, 1.82) is 0 Å². The van der Waals surface area contributed by atoms with E-state index in [1.807, 2.05) is 6.07 Å². The maximum absolute atomic E-state index is 5.76. The molecular weight excluding hydrogens is 204 g/mol. The lowest BCUT2D eigenvalue weighted by atomic mass is 10.1. The van der Waals surface area contributed by atoms with Crippen LogP contribution in [0.5, 0.6) is 0 Å². The molecule has 0 bridgehead atoms. The number of piperidine rings is 1. The first-order valence-corrected chi connectivity index (χ1v) is 5.77. The van der Waals surface area contributed by atoms with E-state index in [1.165, 1.54) is 6.33 Å². The minimum Gasteiger partial charge on any atom is -0.376 e. The lowest BCUT2D eigenvalue weighted by Gasteiger charge is -2.22. The van der Waals surface area contributed by atoms with Crippen LogP contribution < -0.4 is 10.6 Å². The number of rotatable bonds is 5. The van der Waals surface area contributed by atoms with Gasteiger partial charge in [0.05, 0.1) is 12.7 Å². The second-order valence-electron chi connectivity index (χ2n) is 3.84. The van der Waals surface area contributed by atoms with Gasteiger partial charge in [-0.15, -0.1) is 0 Å². The Morgan fingerprint density at radius 3 is 3.06 bits per heavy atom. The van der Waals surface area contributed by atoms with Crippen LogP contribution in [-0.4, -0.2) is 42.3 Å². The monoisotopic (exact) mass is 222 g/mol. The first-order valence-electron chi connectivity index (χ1n) is 5.77. The van der Waals surface area contributed by atoms with Crippen molar-refractivity contribution in [3.63, 3.8) is 0 Å². The number of nitrogens with zero attached hydrogens (tertiary/aromatic N) is 2. The average Bonchev–Trinajstić information content (AvgIpc) is 2.37. The SMILES string of the molecule is c1cc(NCCOC2CCNCC2)ncn1. The Labute approximate surface area is 95.6 Å². The first-order chi connectivity index (χ1) is 7.95. The van der Waals surface area contributed by atoms with Gasteiger partial charge in [0.15, 0.2) is 0 Å². The fourth-order valence-electron chi connectivity index (χ4n) is 1.76. The van der Waals surface area contributed by atoms with Crippen LogP contribution in [0.15, 0.2) is 18.6 Å². The Bertz CT molecular complexity index is 287. The van der Waals surface area contributed by atoms with E-state index in [9.17, 15) is 0 Å². The van der Waals surface area contributed by atoms with Crippen LogP contribution in [0.25, 0.3) is 0 Å². The van der Waals surface area contributed by atoms with Crippen molar-refractivity contribution in [3.05, 3.63) is 18.6 Å². The number of nitrogens with one attached hydrogen (secondary N) is 2. The van der Waals surface area contributed by atoms with E-state index in [4.69, 9.17) is 4.74 Å². The van der Waals surface area contributed by atoms with Gasteiger partial charge >= 0.3 is 0 Å². The van der Waals surface area contributed by atoms with Gasteiger partial charge in [-0.05, 0) is 32.0 Å². The second-order valence-corrected chi connectivity index (χ2v) is 3.84. The topological polar surface area (TPSA) is 59.1 Å². The van der Waals surface area contributed by atoms with Gasteiger partial charge < -0.3 is 15.4 Å². The van der Waals surface area contributed by atoms with E-state index >= 15 is 0 Å². The fraction of sp³-hybridized carbons (Fsp3) is 0.636. The molecule has 1 aromatic heterocycles. The largest absolute Gasteiger partial charge is 0.376 e. The van der Waals surface area contributed by atoms with Crippen LogP contribution in [0.4, 0.5) is 5.82 Å². The van der Waals surface area contributed by atoms with E-state index in [0.29, 0.717) is 6.10 Å². The smallest absolute Gasteiger partial charge is 0.129 e. The van der Waals surface area contributed by atoms with Crippen LogP contribution in [0.2, 0.25) is 0 Å². The average molecular weight is 222 g/mol. The third-order valence-corrected chi connectivity index (χ3v) is 2.63. The van der Waals surface area contributed by atoms with Crippen molar-refractivity contribution in [1.82, 2.24) is 15.3 Å². The van der Waals surface area contributed by atoms with Crippen molar-refractivity contribution >= 4 is 5.82 Å². The minimum atomic E-state index is 0.424. The summed E-state index contributed by atoms with van der Waals surface area (Å²) in [4.78, 5) is 7.93. The lowest BCUT2D eigenvalue weighted by Crippen LogP contribution is -2.33. The molecule has 0 aliphatic carbocycles. The molecule has 0 saturated carbocycles. The third kappa shape index (κ3) is 3.75.